The Labute approximate surface area is 129 Å². The molecule has 2 rings (SSSR count). The summed E-state index contributed by atoms with van der Waals surface area (Å²) < 4.78 is 27.4. The Hall–Kier alpha value is -2.12. The predicted molar refractivity (Wildman–Crippen MR) is 83.3 cm³/mol. The molecule has 0 aliphatic heterocycles. The second-order valence-electron chi connectivity index (χ2n) is 5.31. The fourth-order valence-electron chi connectivity index (χ4n) is 2.11. The van der Waals surface area contributed by atoms with Gasteiger partial charge in [-0.05, 0) is 36.1 Å². The number of primary sulfonamides is 1. The van der Waals surface area contributed by atoms with Crippen LogP contribution in [0.4, 0.5) is 5.69 Å². The molecule has 118 valence electrons. The van der Waals surface area contributed by atoms with E-state index in [4.69, 9.17) is 9.56 Å². The molecule has 0 aliphatic carbocycles. The van der Waals surface area contributed by atoms with E-state index in [1.807, 2.05) is 39.0 Å². The zero-order valence-electron chi connectivity index (χ0n) is 12.6. The fourth-order valence-corrected chi connectivity index (χ4v) is 2.58. The van der Waals surface area contributed by atoms with Crippen LogP contribution in [-0.2, 0) is 10.0 Å². The van der Waals surface area contributed by atoms with E-state index < -0.39 is 21.0 Å². The number of aryl methyl sites for hydroxylation is 1. The van der Waals surface area contributed by atoms with E-state index in [9.17, 15) is 13.2 Å². The van der Waals surface area contributed by atoms with Crippen LogP contribution in [0.15, 0.2) is 39.8 Å². The van der Waals surface area contributed by atoms with Crippen molar-refractivity contribution < 1.29 is 17.6 Å². The fraction of sp³-hybridized carbons (Fsp3) is 0.267. The van der Waals surface area contributed by atoms with Crippen LogP contribution in [0.5, 0.6) is 0 Å². The van der Waals surface area contributed by atoms with E-state index in [0.717, 1.165) is 17.2 Å². The van der Waals surface area contributed by atoms with Gasteiger partial charge in [0.15, 0.2) is 5.76 Å². The lowest BCUT2D eigenvalue weighted by Gasteiger charge is -2.15. The quantitative estimate of drug-likeness (QED) is 0.903. The van der Waals surface area contributed by atoms with Crippen molar-refractivity contribution in [3.63, 3.8) is 0 Å². The molecule has 1 aromatic carbocycles. The number of nitrogens with two attached hydrogens (primary N) is 1. The van der Waals surface area contributed by atoms with Crippen LogP contribution in [0, 0.1) is 6.92 Å². The number of anilines is 1. The molecular formula is C15H18N2O4S. The molecule has 0 spiro atoms. The number of furan rings is 1. The molecule has 0 bridgehead atoms. The summed E-state index contributed by atoms with van der Waals surface area (Å²) in [5.74, 6) is -0.403. The average molecular weight is 322 g/mol. The number of rotatable bonds is 4. The molecule has 0 saturated carbocycles. The number of nitrogens with one attached hydrogen (secondary N) is 1. The van der Waals surface area contributed by atoms with Crippen molar-refractivity contribution in [2.24, 2.45) is 5.14 Å². The molecule has 0 saturated heterocycles. The van der Waals surface area contributed by atoms with Gasteiger partial charge in [-0.25, -0.2) is 13.6 Å². The van der Waals surface area contributed by atoms with Crippen LogP contribution in [0.1, 0.15) is 41.4 Å². The second kappa shape index (κ2) is 5.94. The van der Waals surface area contributed by atoms with Gasteiger partial charge in [0.2, 0.25) is 5.09 Å². The molecule has 0 radical (unpaired) electrons. The van der Waals surface area contributed by atoms with Crippen LogP contribution in [0.25, 0.3) is 0 Å². The maximum atomic E-state index is 12.2. The summed E-state index contributed by atoms with van der Waals surface area (Å²) in [4.78, 5) is 12.2. The molecule has 0 unspecified atom stereocenters. The molecule has 22 heavy (non-hydrogen) atoms. The third-order valence-corrected chi connectivity index (χ3v) is 4.03. The molecular weight excluding hydrogens is 304 g/mol. The number of carbonyl (C=O) groups excluding carboxylic acids is 1. The molecule has 0 atom stereocenters. The highest BCUT2D eigenvalue weighted by Gasteiger charge is 2.19. The number of amides is 1. The summed E-state index contributed by atoms with van der Waals surface area (Å²) in [6.07, 6.45) is 0. The minimum Gasteiger partial charge on any atom is -0.438 e. The number of hydrogen-bond donors (Lipinski definition) is 2. The van der Waals surface area contributed by atoms with Gasteiger partial charge >= 0.3 is 0 Å². The number of sulfonamides is 1. The van der Waals surface area contributed by atoms with Gasteiger partial charge in [0.05, 0.1) is 0 Å². The molecule has 6 nitrogen and oxygen atoms in total. The van der Waals surface area contributed by atoms with Gasteiger partial charge in [0.1, 0.15) is 0 Å². The van der Waals surface area contributed by atoms with E-state index in [2.05, 4.69) is 5.32 Å². The van der Waals surface area contributed by atoms with Crippen LogP contribution < -0.4 is 10.5 Å². The Morgan fingerprint density at radius 2 is 1.91 bits per heavy atom. The lowest BCUT2D eigenvalue weighted by atomic mass is 9.98. The molecule has 1 aromatic heterocycles. The van der Waals surface area contributed by atoms with Crippen LogP contribution in [-0.4, -0.2) is 14.3 Å². The number of hydrogen-bond acceptors (Lipinski definition) is 4. The summed E-state index contributed by atoms with van der Waals surface area (Å²) in [7, 11) is -3.96. The minimum atomic E-state index is -3.96. The highest BCUT2D eigenvalue weighted by Crippen LogP contribution is 2.28. The highest BCUT2D eigenvalue weighted by molar-refractivity contribution is 7.89. The normalized spacial score (nSPS) is 11.7. The lowest BCUT2D eigenvalue weighted by molar-refractivity contribution is 0.0991. The average Bonchev–Trinajstić information content (AvgIpc) is 2.90. The van der Waals surface area contributed by atoms with Gasteiger partial charge in [-0.2, -0.15) is 0 Å². The molecule has 2 aromatic rings. The summed E-state index contributed by atoms with van der Waals surface area (Å²) in [5, 5.41) is 7.29. The zero-order chi connectivity index (χ0) is 16.5. The van der Waals surface area contributed by atoms with Gasteiger partial charge in [-0.15, -0.1) is 0 Å². The topological polar surface area (TPSA) is 102 Å². The smallest absolute Gasteiger partial charge is 0.291 e. The summed E-state index contributed by atoms with van der Waals surface area (Å²) in [6, 6.07) is 8.19. The molecule has 1 heterocycles. The van der Waals surface area contributed by atoms with E-state index in [-0.39, 0.29) is 11.7 Å². The van der Waals surface area contributed by atoms with Crippen molar-refractivity contribution in [1.82, 2.24) is 0 Å². The first-order valence-corrected chi connectivity index (χ1v) is 8.28. The Morgan fingerprint density at radius 1 is 1.23 bits per heavy atom. The summed E-state index contributed by atoms with van der Waals surface area (Å²) >= 11 is 0. The maximum Gasteiger partial charge on any atom is 0.291 e. The first-order valence-electron chi connectivity index (χ1n) is 6.73. The number of carbonyl (C=O) groups is 1. The standard InChI is InChI=1S/C15H18N2O4S/c1-9(2)11-6-4-5-10(3)14(11)17-15(18)12-7-8-13(21-12)22(16,19)20/h4-9H,1-3H3,(H,17,18)(H2,16,19,20). The van der Waals surface area contributed by atoms with Crippen molar-refractivity contribution >= 4 is 21.6 Å². The molecule has 3 N–H and O–H groups in total. The molecule has 0 fully saturated rings. The van der Waals surface area contributed by atoms with E-state index in [1.165, 1.54) is 6.07 Å². The lowest BCUT2D eigenvalue weighted by Crippen LogP contribution is -2.14. The SMILES string of the molecule is Cc1cccc(C(C)C)c1NC(=O)c1ccc(S(N)(=O)=O)o1. The third-order valence-electron chi connectivity index (χ3n) is 3.25. The zero-order valence-corrected chi connectivity index (χ0v) is 13.4. The monoisotopic (exact) mass is 322 g/mol. The molecule has 7 heteroatoms. The Balaban J connectivity index is 2.32. The first-order chi connectivity index (χ1) is 10.2. The first kappa shape index (κ1) is 16.3. The third kappa shape index (κ3) is 3.37. The van der Waals surface area contributed by atoms with Crippen molar-refractivity contribution in [3.8, 4) is 0 Å². The van der Waals surface area contributed by atoms with Gasteiger partial charge in [0, 0.05) is 5.69 Å². The predicted octanol–water partition coefficient (Wildman–Crippen LogP) is 2.61. The van der Waals surface area contributed by atoms with Gasteiger partial charge in [-0.3, -0.25) is 4.79 Å². The minimum absolute atomic E-state index is 0.109. The maximum absolute atomic E-state index is 12.2. The van der Waals surface area contributed by atoms with Crippen LogP contribution in [0.3, 0.4) is 0 Å². The van der Waals surface area contributed by atoms with Crippen LogP contribution >= 0.6 is 0 Å². The largest absolute Gasteiger partial charge is 0.438 e. The Kier molecular flexibility index (Phi) is 4.39. The Bertz CT molecular complexity index is 807. The van der Waals surface area contributed by atoms with E-state index in [0.29, 0.717) is 5.69 Å². The molecule has 1 amide bonds. The van der Waals surface area contributed by atoms with Crippen LogP contribution in [0.2, 0.25) is 0 Å². The van der Waals surface area contributed by atoms with Gasteiger partial charge in [0.25, 0.3) is 15.9 Å². The number of benzene rings is 1. The van der Waals surface area contributed by atoms with Gasteiger partial charge < -0.3 is 9.73 Å². The summed E-state index contributed by atoms with van der Waals surface area (Å²) in [6.45, 7) is 5.94. The van der Waals surface area contributed by atoms with E-state index >= 15 is 0 Å². The second-order valence-corrected chi connectivity index (χ2v) is 6.80. The Morgan fingerprint density at radius 3 is 2.45 bits per heavy atom. The van der Waals surface area contributed by atoms with Crippen molar-refractivity contribution in [3.05, 3.63) is 47.2 Å². The summed E-state index contributed by atoms with van der Waals surface area (Å²) in [5.41, 5.74) is 2.61. The highest BCUT2D eigenvalue weighted by atomic mass is 32.2. The van der Waals surface area contributed by atoms with Crippen molar-refractivity contribution in [2.75, 3.05) is 5.32 Å². The van der Waals surface area contributed by atoms with Gasteiger partial charge in [-0.1, -0.05) is 32.0 Å². The number of para-hydroxylation sites is 1. The van der Waals surface area contributed by atoms with Crippen molar-refractivity contribution in [1.29, 1.82) is 0 Å². The molecule has 0 aliphatic rings. The van der Waals surface area contributed by atoms with E-state index in [1.54, 1.807) is 0 Å². The van der Waals surface area contributed by atoms with Crippen molar-refractivity contribution in [2.45, 2.75) is 31.8 Å².